The highest BCUT2D eigenvalue weighted by atomic mass is 19.3. The lowest BCUT2D eigenvalue weighted by atomic mass is 9.62. The summed E-state index contributed by atoms with van der Waals surface area (Å²) in [5.74, 6) is -2.58. The molecule has 1 saturated carbocycles. The zero-order valence-electron chi connectivity index (χ0n) is 9.24. The molecule has 0 bridgehead atoms. The number of aromatic nitrogens is 2. The molecule has 0 aliphatic heterocycles. The molecule has 0 saturated heterocycles. The highest BCUT2D eigenvalue weighted by Crippen LogP contribution is 2.53. The van der Waals surface area contributed by atoms with Gasteiger partial charge in [-0.05, 0) is 12.1 Å². The van der Waals surface area contributed by atoms with Gasteiger partial charge in [-0.15, -0.1) is 0 Å². The lowest BCUT2D eigenvalue weighted by Gasteiger charge is -2.46. The van der Waals surface area contributed by atoms with Crippen LogP contribution in [0.1, 0.15) is 18.4 Å². The van der Waals surface area contributed by atoms with Gasteiger partial charge in [0.25, 0.3) is 0 Å². The molecule has 17 heavy (non-hydrogen) atoms. The number of halogens is 2. The van der Waals surface area contributed by atoms with Gasteiger partial charge in [-0.25, -0.2) is 13.3 Å². The van der Waals surface area contributed by atoms with Gasteiger partial charge in [0.05, 0.1) is 11.7 Å². The summed E-state index contributed by atoms with van der Waals surface area (Å²) in [5, 5.41) is 4.18. The number of nitrogens with two attached hydrogens (primary N) is 1. The number of hydrogen-bond donors (Lipinski definition) is 1. The van der Waals surface area contributed by atoms with E-state index in [1.165, 1.54) is 0 Å². The van der Waals surface area contributed by atoms with Crippen LogP contribution in [0.15, 0.2) is 30.6 Å². The molecule has 0 unspecified atom stereocenters. The van der Waals surface area contributed by atoms with Crippen LogP contribution in [-0.2, 0) is 5.41 Å². The summed E-state index contributed by atoms with van der Waals surface area (Å²) in [6, 6.07) is 5.62. The number of rotatable bonds is 2. The molecule has 3 rings (SSSR count). The lowest BCUT2D eigenvalue weighted by Crippen LogP contribution is -2.53. The van der Waals surface area contributed by atoms with E-state index in [2.05, 4.69) is 5.10 Å². The zero-order chi connectivity index (χ0) is 12.1. The maximum absolute atomic E-state index is 13.1. The van der Waals surface area contributed by atoms with Crippen molar-refractivity contribution >= 4 is 5.52 Å². The number of fused-ring (bicyclic) bond motifs is 1. The smallest absolute Gasteiger partial charge is 0.250 e. The normalized spacial score (nSPS) is 21.4. The Morgan fingerprint density at radius 1 is 1.35 bits per heavy atom. The summed E-state index contributed by atoms with van der Waals surface area (Å²) in [4.78, 5) is 0. The van der Waals surface area contributed by atoms with Gasteiger partial charge in [0.2, 0.25) is 5.92 Å². The summed E-state index contributed by atoms with van der Waals surface area (Å²) in [5.41, 5.74) is 6.81. The van der Waals surface area contributed by atoms with E-state index in [-0.39, 0.29) is 19.4 Å². The van der Waals surface area contributed by atoms with Gasteiger partial charge >= 0.3 is 0 Å². The van der Waals surface area contributed by atoms with Gasteiger partial charge < -0.3 is 5.73 Å². The molecule has 1 aliphatic rings. The lowest BCUT2D eigenvalue weighted by molar-refractivity contribution is -0.123. The van der Waals surface area contributed by atoms with E-state index in [1.54, 1.807) is 16.9 Å². The van der Waals surface area contributed by atoms with Crippen molar-refractivity contribution in [2.75, 3.05) is 6.54 Å². The van der Waals surface area contributed by atoms with E-state index in [4.69, 9.17) is 5.73 Å². The van der Waals surface area contributed by atoms with Crippen LogP contribution in [-0.4, -0.2) is 22.1 Å². The van der Waals surface area contributed by atoms with E-state index in [1.807, 2.05) is 18.2 Å². The van der Waals surface area contributed by atoms with E-state index < -0.39 is 11.3 Å². The van der Waals surface area contributed by atoms with Crippen LogP contribution in [0.3, 0.4) is 0 Å². The first-order chi connectivity index (χ1) is 8.06. The fourth-order valence-electron chi connectivity index (χ4n) is 2.73. The molecule has 0 amide bonds. The Morgan fingerprint density at radius 3 is 2.76 bits per heavy atom. The van der Waals surface area contributed by atoms with E-state index in [0.29, 0.717) is 0 Å². The Kier molecular flexibility index (Phi) is 2.04. The van der Waals surface area contributed by atoms with Crippen molar-refractivity contribution in [3.63, 3.8) is 0 Å². The van der Waals surface area contributed by atoms with Crippen molar-refractivity contribution in [1.29, 1.82) is 0 Å². The monoisotopic (exact) mass is 237 g/mol. The van der Waals surface area contributed by atoms with E-state index in [9.17, 15) is 8.78 Å². The second kappa shape index (κ2) is 3.26. The summed E-state index contributed by atoms with van der Waals surface area (Å²) in [7, 11) is 0. The Labute approximate surface area is 97.2 Å². The summed E-state index contributed by atoms with van der Waals surface area (Å²) in [6.45, 7) is 0.235. The Bertz CT molecular complexity index is 554. The van der Waals surface area contributed by atoms with E-state index in [0.717, 1.165) is 11.1 Å². The third-order valence-corrected chi connectivity index (χ3v) is 3.58. The van der Waals surface area contributed by atoms with Crippen LogP contribution in [0.4, 0.5) is 8.78 Å². The van der Waals surface area contributed by atoms with Gasteiger partial charge in [-0.3, -0.25) is 0 Å². The third kappa shape index (κ3) is 1.45. The molecular formula is C12H13F2N3. The van der Waals surface area contributed by atoms with Gasteiger partial charge in [0.1, 0.15) is 0 Å². The van der Waals surface area contributed by atoms with Crippen LogP contribution in [0.5, 0.6) is 0 Å². The molecule has 5 heteroatoms. The Balaban J connectivity index is 2.09. The minimum atomic E-state index is -2.58. The van der Waals surface area contributed by atoms with Crippen molar-refractivity contribution < 1.29 is 8.78 Å². The summed E-state index contributed by atoms with van der Waals surface area (Å²) < 4.78 is 28.0. The first-order valence-corrected chi connectivity index (χ1v) is 5.57. The molecular weight excluding hydrogens is 224 g/mol. The molecule has 3 nitrogen and oxygen atoms in total. The largest absolute Gasteiger partial charge is 0.330 e. The second-order valence-corrected chi connectivity index (χ2v) is 4.78. The van der Waals surface area contributed by atoms with E-state index >= 15 is 0 Å². The number of alkyl halides is 2. The molecule has 2 aromatic rings. The molecule has 1 aliphatic carbocycles. The predicted molar refractivity (Wildman–Crippen MR) is 60.1 cm³/mol. The third-order valence-electron chi connectivity index (χ3n) is 3.58. The van der Waals surface area contributed by atoms with Crippen LogP contribution < -0.4 is 5.73 Å². The fourth-order valence-corrected chi connectivity index (χ4v) is 2.73. The Morgan fingerprint density at radius 2 is 2.12 bits per heavy atom. The average molecular weight is 237 g/mol. The van der Waals surface area contributed by atoms with Crippen LogP contribution in [0, 0.1) is 0 Å². The number of pyridine rings is 1. The van der Waals surface area contributed by atoms with Gasteiger partial charge in [0, 0.05) is 36.6 Å². The maximum atomic E-state index is 13.1. The molecule has 0 aromatic carbocycles. The number of hydrogen-bond acceptors (Lipinski definition) is 2. The van der Waals surface area contributed by atoms with Crippen molar-refractivity contribution in [3.8, 4) is 0 Å². The van der Waals surface area contributed by atoms with Crippen molar-refractivity contribution in [2.24, 2.45) is 5.73 Å². The average Bonchev–Trinajstić information content (AvgIpc) is 2.69. The predicted octanol–water partition coefficient (Wildman–Crippen LogP) is 1.96. The van der Waals surface area contributed by atoms with Crippen LogP contribution in [0.25, 0.3) is 5.52 Å². The minimum Gasteiger partial charge on any atom is -0.330 e. The molecule has 2 N–H and O–H groups in total. The summed E-state index contributed by atoms with van der Waals surface area (Å²) in [6.07, 6.45) is 3.12. The van der Waals surface area contributed by atoms with Gasteiger partial charge in [0.15, 0.2) is 0 Å². The number of nitrogens with zero attached hydrogens (tertiary/aromatic N) is 2. The molecule has 90 valence electrons. The van der Waals surface area contributed by atoms with Crippen molar-refractivity contribution in [1.82, 2.24) is 9.61 Å². The van der Waals surface area contributed by atoms with Crippen molar-refractivity contribution in [3.05, 3.63) is 36.2 Å². The molecule has 0 spiro atoms. The molecule has 0 radical (unpaired) electrons. The molecule has 2 heterocycles. The molecule has 1 fully saturated rings. The zero-order valence-corrected chi connectivity index (χ0v) is 9.24. The van der Waals surface area contributed by atoms with Crippen LogP contribution in [0.2, 0.25) is 0 Å². The highest BCUT2D eigenvalue weighted by Gasteiger charge is 2.57. The first-order valence-electron chi connectivity index (χ1n) is 5.57. The van der Waals surface area contributed by atoms with Gasteiger partial charge in [-0.2, -0.15) is 5.10 Å². The SMILES string of the molecule is NCC1(c2cnn3ccccc23)CC(F)(F)C1. The Hall–Kier alpha value is -1.49. The summed E-state index contributed by atoms with van der Waals surface area (Å²) >= 11 is 0. The topological polar surface area (TPSA) is 43.3 Å². The molecule has 2 aromatic heterocycles. The first kappa shape index (κ1) is 10.7. The fraction of sp³-hybridized carbons (Fsp3) is 0.417. The maximum Gasteiger partial charge on any atom is 0.250 e. The quantitative estimate of drug-likeness (QED) is 0.867. The van der Waals surface area contributed by atoms with Crippen molar-refractivity contribution in [2.45, 2.75) is 24.2 Å². The standard InChI is InChI=1S/C12H13F2N3/c13-12(14)6-11(7-12,8-15)9-5-16-17-4-2-1-3-10(9)17/h1-5H,6-8,15H2. The highest BCUT2D eigenvalue weighted by molar-refractivity contribution is 5.58. The van der Waals surface area contributed by atoms with Gasteiger partial charge in [-0.1, -0.05) is 6.07 Å². The minimum absolute atomic E-state index is 0.174. The second-order valence-electron chi connectivity index (χ2n) is 4.78. The molecule has 0 atom stereocenters. The van der Waals surface area contributed by atoms with Crippen LogP contribution >= 0.6 is 0 Å².